The molecule has 1 amide bonds. The molecule has 1 atom stereocenters. The largest absolute Gasteiger partial charge is 0.444 e. The Labute approximate surface area is 156 Å². The van der Waals surface area contributed by atoms with E-state index in [1.165, 1.54) is 6.42 Å². The van der Waals surface area contributed by atoms with Crippen molar-refractivity contribution in [1.29, 1.82) is 0 Å². The van der Waals surface area contributed by atoms with Crippen LogP contribution >= 0.6 is 0 Å². The van der Waals surface area contributed by atoms with E-state index in [0.29, 0.717) is 17.8 Å². The Balaban J connectivity index is 2.64. The first-order valence-electron chi connectivity index (χ1n) is 10.2. The minimum absolute atomic E-state index is 0.160. The van der Waals surface area contributed by atoms with Crippen LogP contribution in [0.2, 0.25) is 0 Å². The molecule has 148 valence electrons. The minimum Gasteiger partial charge on any atom is -0.444 e. The van der Waals surface area contributed by atoms with Gasteiger partial charge in [-0.05, 0) is 64.3 Å². The minimum atomic E-state index is -0.427. The molecule has 4 heteroatoms. The normalized spacial score (nSPS) is 22.1. The third-order valence-corrected chi connectivity index (χ3v) is 5.66. The zero-order valence-corrected chi connectivity index (χ0v) is 17.9. The summed E-state index contributed by atoms with van der Waals surface area (Å²) in [7, 11) is 0. The van der Waals surface area contributed by atoms with E-state index in [0.717, 1.165) is 39.0 Å². The predicted molar refractivity (Wildman–Crippen MR) is 106 cm³/mol. The average molecular weight is 355 g/mol. The molecule has 0 aliphatic carbocycles. The Morgan fingerprint density at radius 1 is 1.20 bits per heavy atom. The van der Waals surface area contributed by atoms with Crippen LogP contribution in [0.1, 0.15) is 74.7 Å². The smallest absolute Gasteiger partial charge is 0.410 e. The maximum atomic E-state index is 12.5. The van der Waals surface area contributed by atoms with Crippen molar-refractivity contribution in [2.75, 3.05) is 26.2 Å². The predicted octanol–water partition coefficient (Wildman–Crippen LogP) is 4.93. The van der Waals surface area contributed by atoms with E-state index in [9.17, 15) is 4.79 Å². The number of piperidine rings is 1. The molecule has 1 fully saturated rings. The topological polar surface area (TPSA) is 41.6 Å². The highest BCUT2D eigenvalue weighted by atomic mass is 16.6. The third kappa shape index (κ3) is 7.16. The molecule has 0 aromatic carbocycles. The van der Waals surface area contributed by atoms with Crippen molar-refractivity contribution >= 4 is 6.09 Å². The molecule has 25 heavy (non-hydrogen) atoms. The van der Waals surface area contributed by atoms with Gasteiger partial charge in [0.2, 0.25) is 0 Å². The lowest BCUT2D eigenvalue weighted by Gasteiger charge is -2.43. The lowest BCUT2D eigenvalue weighted by Crippen LogP contribution is -2.51. The van der Waals surface area contributed by atoms with Crippen LogP contribution in [0.25, 0.3) is 0 Å². The Morgan fingerprint density at radius 2 is 1.80 bits per heavy atom. The maximum Gasteiger partial charge on any atom is 0.410 e. The lowest BCUT2D eigenvalue weighted by molar-refractivity contribution is 0.00311. The van der Waals surface area contributed by atoms with Gasteiger partial charge in [-0.25, -0.2) is 4.79 Å². The summed E-state index contributed by atoms with van der Waals surface area (Å²) in [5.41, 5.74) is -0.253. The van der Waals surface area contributed by atoms with E-state index in [1.54, 1.807) is 0 Å². The molecule has 0 saturated carbocycles. The van der Waals surface area contributed by atoms with Gasteiger partial charge in [0.25, 0.3) is 0 Å². The SMILES string of the molecule is CCC1(CNCC(C(C)C)C(C)C)CCCN(C(=O)OC(C)(C)C)C1. The number of rotatable bonds is 7. The van der Waals surface area contributed by atoms with E-state index >= 15 is 0 Å². The number of nitrogens with one attached hydrogen (secondary N) is 1. The summed E-state index contributed by atoms with van der Waals surface area (Å²) in [5.74, 6) is 2.07. The van der Waals surface area contributed by atoms with E-state index < -0.39 is 5.60 Å². The van der Waals surface area contributed by atoms with Gasteiger partial charge in [-0.15, -0.1) is 0 Å². The highest BCUT2D eigenvalue weighted by molar-refractivity contribution is 5.68. The van der Waals surface area contributed by atoms with Crippen molar-refractivity contribution in [3.8, 4) is 0 Å². The zero-order valence-electron chi connectivity index (χ0n) is 17.9. The number of hydrogen-bond donors (Lipinski definition) is 1. The molecule has 4 nitrogen and oxygen atoms in total. The van der Waals surface area contributed by atoms with Crippen molar-refractivity contribution in [3.05, 3.63) is 0 Å². The van der Waals surface area contributed by atoms with Crippen LogP contribution in [0, 0.1) is 23.2 Å². The fraction of sp³-hybridized carbons (Fsp3) is 0.952. The molecule has 0 aromatic rings. The summed E-state index contributed by atoms with van der Waals surface area (Å²) in [6, 6.07) is 0. The average Bonchev–Trinajstić information content (AvgIpc) is 2.49. The second-order valence-electron chi connectivity index (χ2n) is 9.64. The molecule has 1 saturated heterocycles. The Kier molecular flexibility index (Phi) is 8.24. The molecule has 1 heterocycles. The molecular formula is C21H42N2O2. The van der Waals surface area contributed by atoms with Gasteiger partial charge in [0.15, 0.2) is 0 Å². The summed E-state index contributed by atoms with van der Waals surface area (Å²) in [5, 5.41) is 3.74. The monoisotopic (exact) mass is 354 g/mol. The quantitative estimate of drug-likeness (QED) is 0.704. The molecular weight excluding hydrogens is 312 g/mol. The van der Waals surface area contributed by atoms with Crippen LogP contribution in [0.15, 0.2) is 0 Å². The fourth-order valence-electron chi connectivity index (χ4n) is 3.99. The molecule has 0 spiro atoms. The van der Waals surface area contributed by atoms with Gasteiger partial charge in [0.1, 0.15) is 5.60 Å². The fourth-order valence-corrected chi connectivity index (χ4v) is 3.99. The number of likely N-dealkylation sites (tertiary alicyclic amines) is 1. The molecule has 1 aliphatic rings. The van der Waals surface area contributed by atoms with Gasteiger partial charge in [-0.2, -0.15) is 0 Å². The number of carbonyl (C=O) groups excluding carboxylic acids is 1. The van der Waals surface area contributed by atoms with Gasteiger partial charge >= 0.3 is 6.09 Å². The highest BCUT2D eigenvalue weighted by Gasteiger charge is 2.37. The van der Waals surface area contributed by atoms with Crippen molar-refractivity contribution in [1.82, 2.24) is 10.2 Å². The molecule has 0 aromatic heterocycles. The van der Waals surface area contributed by atoms with Crippen molar-refractivity contribution in [2.24, 2.45) is 23.2 Å². The van der Waals surface area contributed by atoms with Gasteiger partial charge in [0, 0.05) is 25.0 Å². The van der Waals surface area contributed by atoms with Crippen molar-refractivity contribution in [3.63, 3.8) is 0 Å². The first-order chi connectivity index (χ1) is 11.5. The maximum absolute atomic E-state index is 12.5. The molecule has 1 unspecified atom stereocenters. The molecule has 1 aliphatic heterocycles. The van der Waals surface area contributed by atoms with E-state index in [-0.39, 0.29) is 11.5 Å². The summed E-state index contributed by atoms with van der Waals surface area (Å²) < 4.78 is 5.59. The molecule has 1 N–H and O–H groups in total. The van der Waals surface area contributed by atoms with Crippen LogP contribution in [0.5, 0.6) is 0 Å². The number of hydrogen-bond acceptors (Lipinski definition) is 3. The first kappa shape index (κ1) is 22.3. The summed E-state index contributed by atoms with van der Waals surface area (Å²) in [4.78, 5) is 14.4. The van der Waals surface area contributed by atoms with Crippen LogP contribution in [-0.4, -0.2) is 42.8 Å². The number of amides is 1. The Morgan fingerprint density at radius 3 is 2.28 bits per heavy atom. The van der Waals surface area contributed by atoms with Crippen molar-refractivity contribution in [2.45, 2.75) is 80.3 Å². The van der Waals surface area contributed by atoms with Gasteiger partial charge in [-0.1, -0.05) is 34.6 Å². The van der Waals surface area contributed by atoms with Crippen LogP contribution in [0.3, 0.4) is 0 Å². The van der Waals surface area contributed by atoms with Gasteiger partial charge < -0.3 is 15.0 Å². The number of ether oxygens (including phenoxy) is 1. The Bertz CT molecular complexity index is 407. The second kappa shape index (κ2) is 9.25. The Hall–Kier alpha value is -0.770. The van der Waals surface area contributed by atoms with Gasteiger partial charge in [0.05, 0.1) is 0 Å². The molecule has 0 radical (unpaired) electrons. The van der Waals surface area contributed by atoms with E-state index in [1.807, 2.05) is 25.7 Å². The summed E-state index contributed by atoms with van der Waals surface area (Å²) >= 11 is 0. The first-order valence-corrected chi connectivity index (χ1v) is 10.2. The van der Waals surface area contributed by atoms with Crippen LogP contribution in [-0.2, 0) is 4.74 Å². The van der Waals surface area contributed by atoms with E-state index in [4.69, 9.17) is 4.74 Å². The van der Waals surface area contributed by atoms with Crippen LogP contribution < -0.4 is 5.32 Å². The van der Waals surface area contributed by atoms with Crippen molar-refractivity contribution < 1.29 is 9.53 Å². The number of nitrogens with zero attached hydrogens (tertiary/aromatic N) is 1. The van der Waals surface area contributed by atoms with Crippen LogP contribution in [0.4, 0.5) is 4.79 Å². The lowest BCUT2D eigenvalue weighted by atomic mass is 9.77. The molecule has 1 rings (SSSR count). The highest BCUT2D eigenvalue weighted by Crippen LogP contribution is 2.33. The number of carbonyl (C=O) groups is 1. The summed E-state index contributed by atoms with van der Waals surface area (Å²) in [6.07, 6.45) is 3.18. The third-order valence-electron chi connectivity index (χ3n) is 5.66. The summed E-state index contributed by atoms with van der Waals surface area (Å²) in [6.45, 7) is 21.0. The standard InChI is InChI=1S/C21H42N2O2/c1-9-21(14-22-13-18(16(2)3)17(4)5)11-10-12-23(15-21)19(24)25-20(6,7)8/h16-18,22H,9-15H2,1-8H3. The zero-order chi connectivity index (χ0) is 19.3. The van der Waals surface area contributed by atoms with Gasteiger partial charge in [-0.3, -0.25) is 0 Å². The molecule has 0 bridgehead atoms. The van der Waals surface area contributed by atoms with E-state index in [2.05, 4.69) is 39.9 Å². The second-order valence-corrected chi connectivity index (χ2v) is 9.64.